The Hall–Kier alpha value is -1.26. The molecule has 4 nitrogen and oxygen atoms in total. The highest BCUT2D eigenvalue weighted by molar-refractivity contribution is 6.30. The van der Waals surface area contributed by atoms with Crippen LogP contribution >= 0.6 is 11.6 Å². The molecule has 0 aliphatic rings. The van der Waals surface area contributed by atoms with Gasteiger partial charge in [-0.1, -0.05) is 31.0 Å². The summed E-state index contributed by atoms with van der Waals surface area (Å²) in [4.78, 5) is 13.0. The maximum atomic E-state index is 11.0. The average Bonchev–Trinajstić information content (AvgIpc) is 2.29. The lowest BCUT2D eigenvalue weighted by molar-refractivity contribution is -0.119. The second-order valence-electron chi connectivity index (χ2n) is 4.37. The van der Waals surface area contributed by atoms with Crippen molar-refractivity contribution in [2.24, 2.45) is 5.73 Å². The van der Waals surface area contributed by atoms with E-state index >= 15 is 0 Å². The largest absolute Gasteiger partial charge is 0.398 e. The van der Waals surface area contributed by atoms with E-state index in [0.717, 1.165) is 24.9 Å². The number of unbranched alkanes of at least 4 members (excludes halogenated alkanes) is 1. The number of anilines is 1. The van der Waals surface area contributed by atoms with Gasteiger partial charge in [-0.25, -0.2) is 0 Å². The van der Waals surface area contributed by atoms with Gasteiger partial charge in [0.05, 0.1) is 6.54 Å². The van der Waals surface area contributed by atoms with Crippen molar-refractivity contribution in [1.29, 1.82) is 0 Å². The number of rotatable bonds is 7. The molecule has 0 saturated heterocycles. The van der Waals surface area contributed by atoms with Crippen LogP contribution in [0.2, 0.25) is 5.02 Å². The van der Waals surface area contributed by atoms with E-state index in [-0.39, 0.29) is 12.5 Å². The van der Waals surface area contributed by atoms with E-state index in [1.165, 1.54) is 0 Å². The summed E-state index contributed by atoms with van der Waals surface area (Å²) in [6, 6.07) is 5.41. The van der Waals surface area contributed by atoms with E-state index in [1.807, 2.05) is 11.0 Å². The predicted molar refractivity (Wildman–Crippen MR) is 75.2 cm³/mol. The van der Waals surface area contributed by atoms with Crippen LogP contribution in [0.15, 0.2) is 18.2 Å². The Morgan fingerprint density at radius 1 is 1.44 bits per heavy atom. The number of nitrogen functional groups attached to an aromatic ring is 1. The average molecular weight is 270 g/mol. The van der Waals surface area contributed by atoms with Crippen molar-refractivity contribution in [3.8, 4) is 0 Å². The smallest absolute Gasteiger partial charge is 0.231 e. The molecule has 5 heteroatoms. The van der Waals surface area contributed by atoms with Crippen LogP contribution in [0.1, 0.15) is 25.3 Å². The number of benzene rings is 1. The Morgan fingerprint density at radius 2 is 2.17 bits per heavy atom. The molecule has 0 fully saturated rings. The minimum absolute atomic E-state index is 0.252. The number of carbonyl (C=O) groups is 1. The number of nitrogens with zero attached hydrogens (tertiary/aromatic N) is 1. The molecule has 0 aliphatic carbocycles. The van der Waals surface area contributed by atoms with Gasteiger partial charge in [-0.05, 0) is 30.7 Å². The highest BCUT2D eigenvalue weighted by Crippen LogP contribution is 2.19. The number of hydrogen-bond donors (Lipinski definition) is 2. The second-order valence-corrected chi connectivity index (χ2v) is 4.81. The van der Waals surface area contributed by atoms with Crippen LogP contribution in [0.25, 0.3) is 0 Å². The molecule has 0 bridgehead atoms. The molecule has 0 spiro atoms. The van der Waals surface area contributed by atoms with Gasteiger partial charge >= 0.3 is 0 Å². The van der Waals surface area contributed by atoms with Crippen molar-refractivity contribution in [3.63, 3.8) is 0 Å². The van der Waals surface area contributed by atoms with Gasteiger partial charge in [0, 0.05) is 17.3 Å². The molecule has 4 N–H and O–H groups in total. The number of nitrogens with two attached hydrogens (primary N) is 2. The first-order chi connectivity index (χ1) is 8.52. The highest BCUT2D eigenvalue weighted by Gasteiger charge is 2.10. The maximum absolute atomic E-state index is 11.0. The fraction of sp³-hybridized carbons (Fsp3) is 0.462. The van der Waals surface area contributed by atoms with Crippen LogP contribution in [0.3, 0.4) is 0 Å². The summed E-state index contributed by atoms with van der Waals surface area (Å²) in [6.07, 6.45) is 2.10. The van der Waals surface area contributed by atoms with E-state index in [1.54, 1.807) is 12.1 Å². The van der Waals surface area contributed by atoms with Gasteiger partial charge in [-0.2, -0.15) is 0 Å². The lowest BCUT2D eigenvalue weighted by Crippen LogP contribution is -2.34. The van der Waals surface area contributed by atoms with E-state index < -0.39 is 0 Å². The highest BCUT2D eigenvalue weighted by atomic mass is 35.5. The Bertz CT molecular complexity index is 409. The van der Waals surface area contributed by atoms with Crippen LogP contribution in [0.4, 0.5) is 5.69 Å². The summed E-state index contributed by atoms with van der Waals surface area (Å²) >= 11 is 5.85. The molecular formula is C13H20ClN3O. The summed E-state index contributed by atoms with van der Waals surface area (Å²) in [7, 11) is 0. The van der Waals surface area contributed by atoms with Crippen LogP contribution < -0.4 is 11.5 Å². The molecular weight excluding hydrogens is 250 g/mol. The minimum atomic E-state index is -0.321. The number of carbonyl (C=O) groups excluding carboxylic acids is 1. The first kappa shape index (κ1) is 14.8. The fourth-order valence-corrected chi connectivity index (χ4v) is 1.95. The van der Waals surface area contributed by atoms with Gasteiger partial charge in [0.2, 0.25) is 5.91 Å². The van der Waals surface area contributed by atoms with Crippen molar-refractivity contribution < 1.29 is 4.79 Å². The SMILES string of the molecule is CCCCN(CC(N)=O)Cc1ccc(Cl)cc1N. The molecule has 0 heterocycles. The molecule has 1 aromatic rings. The Morgan fingerprint density at radius 3 is 2.72 bits per heavy atom. The predicted octanol–water partition coefficient (Wildman–Crippen LogP) is 2.01. The third-order valence-electron chi connectivity index (χ3n) is 2.71. The molecule has 1 rings (SSSR count). The normalized spacial score (nSPS) is 10.8. The number of amides is 1. The fourth-order valence-electron chi connectivity index (χ4n) is 1.77. The zero-order valence-electron chi connectivity index (χ0n) is 10.7. The second kappa shape index (κ2) is 7.24. The zero-order valence-corrected chi connectivity index (χ0v) is 11.4. The number of hydrogen-bond acceptors (Lipinski definition) is 3. The van der Waals surface area contributed by atoms with E-state index in [2.05, 4.69) is 6.92 Å². The summed E-state index contributed by atoms with van der Waals surface area (Å²) in [5, 5.41) is 0.617. The third-order valence-corrected chi connectivity index (χ3v) is 2.94. The Kier molecular flexibility index (Phi) is 5.95. The number of halogens is 1. The molecule has 18 heavy (non-hydrogen) atoms. The van der Waals surface area contributed by atoms with Gasteiger partial charge in [-0.3, -0.25) is 9.69 Å². The van der Waals surface area contributed by atoms with E-state index in [0.29, 0.717) is 17.3 Å². The van der Waals surface area contributed by atoms with E-state index in [9.17, 15) is 4.79 Å². The first-order valence-corrected chi connectivity index (χ1v) is 6.45. The van der Waals surface area contributed by atoms with Crippen molar-refractivity contribution in [3.05, 3.63) is 28.8 Å². The molecule has 0 radical (unpaired) electrons. The van der Waals surface area contributed by atoms with Crippen LogP contribution in [-0.2, 0) is 11.3 Å². The Balaban J connectivity index is 2.71. The van der Waals surface area contributed by atoms with Crippen molar-refractivity contribution in [2.45, 2.75) is 26.3 Å². The monoisotopic (exact) mass is 269 g/mol. The van der Waals surface area contributed by atoms with Gasteiger partial charge < -0.3 is 11.5 Å². The maximum Gasteiger partial charge on any atom is 0.231 e. The van der Waals surface area contributed by atoms with Gasteiger partial charge in [0.25, 0.3) is 0 Å². The topological polar surface area (TPSA) is 72.3 Å². The lowest BCUT2D eigenvalue weighted by atomic mass is 10.1. The zero-order chi connectivity index (χ0) is 13.5. The van der Waals surface area contributed by atoms with Crippen LogP contribution in [-0.4, -0.2) is 23.9 Å². The molecule has 0 saturated carbocycles. The standard InChI is InChI=1S/C13H20ClN3O/c1-2-3-6-17(9-13(16)18)8-10-4-5-11(14)7-12(10)15/h4-5,7H,2-3,6,8-9,15H2,1H3,(H2,16,18). The van der Waals surface area contributed by atoms with Crippen molar-refractivity contribution in [2.75, 3.05) is 18.8 Å². The molecule has 100 valence electrons. The first-order valence-electron chi connectivity index (χ1n) is 6.07. The molecule has 1 aromatic carbocycles. The van der Waals surface area contributed by atoms with Crippen molar-refractivity contribution in [1.82, 2.24) is 4.90 Å². The molecule has 0 aliphatic heterocycles. The summed E-state index contributed by atoms with van der Waals surface area (Å²) < 4.78 is 0. The van der Waals surface area contributed by atoms with Crippen LogP contribution in [0.5, 0.6) is 0 Å². The molecule has 0 aromatic heterocycles. The molecule has 1 amide bonds. The summed E-state index contributed by atoms with van der Waals surface area (Å²) in [5.41, 5.74) is 12.8. The Labute approximate surface area is 113 Å². The molecule has 0 atom stereocenters. The van der Waals surface area contributed by atoms with Gasteiger partial charge in [-0.15, -0.1) is 0 Å². The van der Waals surface area contributed by atoms with Gasteiger partial charge in [0.1, 0.15) is 0 Å². The van der Waals surface area contributed by atoms with Gasteiger partial charge in [0.15, 0.2) is 0 Å². The number of primary amides is 1. The van der Waals surface area contributed by atoms with Crippen LogP contribution in [0, 0.1) is 0 Å². The summed E-state index contributed by atoms with van der Waals surface area (Å²) in [6.45, 7) is 3.81. The lowest BCUT2D eigenvalue weighted by Gasteiger charge is -2.21. The quantitative estimate of drug-likeness (QED) is 0.744. The third kappa shape index (κ3) is 4.94. The summed E-state index contributed by atoms with van der Waals surface area (Å²) in [5.74, 6) is -0.321. The van der Waals surface area contributed by atoms with E-state index in [4.69, 9.17) is 23.1 Å². The minimum Gasteiger partial charge on any atom is -0.398 e. The van der Waals surface area contributed by atoms with Crippen molar-refractivity contribution >= 4 is 23.2 Å². The molecule has 0 unspecified atom stereocenters.